The van der Waals surface area contributed by atoms with E-state index in [4.69, 9.17) is 11.6 Å². The van der Waals surface area contributed by atoms with Crippen molar-refractivity contribution in [3.05, 3.63) is 16.0 Å². The van der Waals surface area contributed by atoms with Crippen molar-refractivity contribution in [3.8, 4) is 0 Å². The zero-order chi connectivity index (χ0) is 14.6. The van der Waals surface area contributed by atoms with E-state index >= 15 is 0 Å². The number of sulfonamides is 1. The van der Waals surface area contributed by atoms with E-state index in [-0.39, 0.29) is 14.8 Å². The van der Waals surface area contributed by atoms with Crippen LogP contribution in [-0.2, 0) is 24.3 Å². The number of nitrogens with one attached hydrogen (secondary N) is 1. The van der Waals surface area contributed by atoms with Crippen LogP contribution in [0.1, 0.15) is 10.4 Å². The molecule has 0 saturated heterocycles. The Balaban J connectivity index is 3.09. The minimum Gasteiger partial charge on any atom is -0.468 e. The van der Waals surface area contributed by atoms with Gasteiger partial charge in [-0.25, -0.2) is 13.2 Å². The third-order valence-corrected chi connectivity index (χ3v) is 5.34. The second-order valence-corrected chi connectivity index (χ2v) is 6.39. The van der Waals surface area contributed by atoms with E-state index in [2.05, 4.69) is 9.47 Å². The first-order valence-corrected chi connectivity index (χ1v) is 7.49. The van der Waals surface area contributed by atoms with E-state index in [1.54, 1.807) is 0 Å². The number of carbonyl (C=O) groups is 2. The number of rotatable bonds is 5. The summed E-state index contributed by atoms with van der Waals surface area (Å²) in [6.07, 6.45) is 0. The molecule has 0 bridgehead atoms. The summed E-state index contributed by atoms with van der Waals surface area (Å²) in [6, 6.07) is 0. The van der Waals surface area contributed by atoms with Gasteiger partial charge in [0.1, 0.15) is 12.1 Å². The minimum absolute atomic E-state index is 0.0321. The van der Waals surface area contributed by atoms with E-state index in [0.29, 0.717) is 0 Å². The molecule has 1 rings (SSSR count). The molecule has 106 valence electrons. The van der Waals surface area contributed by atoms with Crippen LogP contribution in [0.15, 0.2) is 9.59 Å². The van der Waals surface area contributed by atoms with Gasteiger partial charge in [-0.3, -0.25) is 4.79 Å². The molecule has 0 aromatic carbocycles. The summed E-state index contributed by atoms with van der Waals surface area (Å²) in [4.78, 5) is 22.4. The molecule has 7 nitrogen and oxygen atoms in total. The molecule has 0 radical (unpaired) electrons. The Labute approximate surface area is 118 Å². The molecule has 0 aliphatic carbocycles. The quantitative estimate of drug-likeness (QED) is 0.797. The molecule has 19 heavy (non-hydrogen) atoms. The van der Waals surface area contributed by atoms with Crippen LogP contribution < -0.4 is 4.72 Å². The first kappa shape index (κ1) is 15.9. The van der Waals surface area contributed by atoms with Crippen LogP contribution in [0.4, 0.5) is 0 Å². The Morgan fingerprint density at radius 2 is 2.00 bits per heavy atom. The van der Waals surface area contributed by atoms with Gasteiger partial charge in [0.2, 0.25) is 0 Å². The number of esters is 2. The number of ether oxygens (including phenoxy) is 2. The van der Waals surface area contributed by atoms with E-state index in [9.17, 15) is 18.0 Å². The van der Waals surface area contributed by atoms with E-state index in [0.717, 1.165) is 25.6 Å². The summed E-state index contributed by atoms with van der Waals surface area (Å²) in [7, 11) is -1.82. The summed E-state index contributed by atoms with van der Waals surface area (Å²) in [5.74, 6) is -1.63. The maximum Gasteiger partial charge on any atom is 0.341 e. The van der Waals surface area contributed by atoms with Crippen LogP contribution in [0, 0.1) is 0 Å². The van der Waals surface area contributed by atoms with E-state index in [1.165, 1.54) is 5.38 Å². The molecule has 1 aromatic rings. The van der Waals surface area contributed by atoms with Crippen molar-refractivity contribution in [2.24, 2.45) is 0 Å². The Kier molecular flexibility index (Phi) is 5.29. The van der Waals surface area contributed by atoms with E-state index in [1.807, 2.05) is 4.72 Å². The van der Waals surface area contributed by atoms with Gasteiger partial charge in [-0.1, -0.05) is 11.6 Å². The maximum atomic E-state index is 11.9. The molecule has 10 heteroatoms. The second-order valence-electron chi connectivity index (χ2n) is 3.14. The summed E-state index contributed by atoms with van der Waals surface area (Å²) in [5, 5.41) is 1.26. The number of hydrogen-bond donors (Lipinski definition) is 1. The van der Waals surface area contributed by atoms with Crippen molar-refractivity contribution < 1.29 is 27.5 Å². The van der Waals surface area contributed by atoms with Gasteiger partial charge in [0, 0.05) is 5.38 Å². The first-order chi connectivity index (χ1) is 8.83. The average molecular weight is 328 g/mol. The lowest BCUT2D eigenvalue weighted by Gasteiger charge is -2.06. The van der Waals surface area contributed by atoms with Gasteiger partial charge in [0.05, 0.1) is 19.2 Å². The van der Waals surface area contributed by atoms with Crippen LogP contribution in [0.5, 0.6) is 0 Å². The van der Waals surface area contributed by atoms with E-state index < -0.39 is 28.5 Å². The molecule has 1 N–H and O–H groups in total. The summed E-state index contributed by atoms with van der Waals surface area (Å²) >= 11 is 6.49. The molecular formula is C9H10ClNO6S2. The number of thiophene rings is 1. The lowest BCUT2D eigenvalue weighted by Crippen LogP contribution is -2.30. The molecular weight excluding hydrogens is 318 g/mol. The number of methoxy groups -OCH3 is 2. The molecule has 1 heterocycles. The highest BCUT2D eigenvalue weighted by atomic mass is 35.5. The third kappa shape index (κ3) is 3.66. The summed E-state index contributed by atoms with van der Waals surface area (Å²) in [5.41, 5.74) is -0.258. The largest absolute Gasteiger partial charge is 0.468 e. The SMILES string of the molecule is COC(=O)CNS(=O)(=O)c1scc(Cl)c1C(=O)OC. The van der Waals surface area contributed by atoms with Crippen molar-refractivity contribution in [1.29, 1.82) is 0 Å². The smallest absolute Gasteiger partial charge is 0.341 e. The number of carbonyl (C=O) groups excluding carboxylic acids is 2. The zero-order valence-corrected chi connectivity index (χ0v) is 12.3. The predicted octanol–water partition coefficient (Wildman–Crippen LogP) is 0.639. The highest BCUT2D eigenvalue weighted by molar-refractivity contribution is 7.91. The van der Waals surface area contributed by atoms with Gasteiger partial charge in [0.15, 0.2) is 4.21 Å². The highest BCUT2D eigenvalue weighted by Gasteiger charge is 2.28. The molecule has 0 saturated carbocycles. The van der Waals surface area contributed by atoms with Crippen molar-refractivity contribution in [2.75, 3.05) is 20.8 Å². The number of halogens is 1. The third-order valence-electron chi connectivity index (χ3n) is 1.98. The molecule has 0 aliphatic rings. The first-order valence-electron chi connectivity index (χ1n) is 4.75. The molecule has 1 aromatic heterocycles. The minimum atomic E-state index is -4.05. The standard InChI is InChI=1S/C9H10ClNO6S2/c1-16-6(12)3-11-19(14,15)9-7(8(13)17-2)5(10)4-18-9/h4,11H,3H2,1-2H3. The lowest BCUT2D eigenvalue weighted by molar-refractivity contribution is -0.139. The van der Waals surface area contributed by atoms with Crippen LogP contribution in [0.2, 0.25) is 5.02 Å². The molecule has 0 unspecified atom stereocenters. The Morgan fingerprint density at radius 1 is 1.37 bits per heavy atom. The van der Waals surface area contributed by atoms with Gasteiger partial charge in [-0.2, -0.15) is 4.72 Å². The zero-order valence-electron chi connectivity index (χ0n) is 9.93. The van der Waals surface area contributed by atoms with Gasteiger partial charge >= 0.3 is 11.9 Å². The summed E-state index contributed by atoms with van der Waals surface area (Å²) in [6.45, 7) is -0.547. The maximum absolute atomic E-state index is 11.9. The molecule has 0 spiro atoms. The Hall–Kier alpha value is -1.16. The topological polar surface area (TPSA) is 98.8 Å². The summed E-state index contributed by atoms with van der Waals surface area (Å²) < 4.78 is 34.3. The fourth-order valence-corrected chi connectivity index (χ4v) is 3.88. The van der Waals surface area contributed by atoms with Crippen molar-refractivity contribution in [3.63, 3.8) is 0 Å². The molecule has 0 atom stereocenters. The molecule has 0 amide bonds. The van der Waals surface area contributed by atoms with Gasteiger partial charge in [-0.05, 0) is 0 Å². The van der Waals surface area contributed by atoms with Gasteiger partial charge < -0.3 is 9.47 Å². The Bertz CT molecular complexity index is 594. The van der Waals surface area contributed by atoms with Gasteiger partial charge in [-0.15, -0.1) is 11.3 Å². The fourth-order valence-electron chi connectivity index (χ4n) is 1.09. The average Bonchev–Trinajstić information content (AvgIpc) is 2.77. The fraction of sp³-hybridized carbons (Fsp3) is 0.333. The van der Waals surface area contributed by atoms with Crippen LogP contribution in [-0.4, -0.2) is 41.1 Å². The molecule has 0 fully saturated rings. The van der Waals surface area contributed by atoms with Crippen LogP contribution >= 0.6 is 22.9 Å². The molecule has 0 aliphatic heterocycles. The van der Waals surface area contributed by atoms with Crippen molar-refractivity contribution in [1.82, 2.24) is 4.72 Å². The van der Waals surface area contributed by atoms with Crippen LogP contribution in [0.25, 0.3) is 0 Å². The lowest BCUT2D eigenvalue weighted by atomic mass is 10.3. The number of hydrogen-bond acceptors (Lipinski definition) is 7. The second kappa shape index (κ2) is 6.33. The van der Waals surface area contributed by atoms with Crippen LogP contribution in [0.3, 0.4) is 0 Å². The normalized spacial score (nSPS) is 11.1. The van der Waals surface area contributed by atoms with Crippen molar-refractivity contribution in [2.45, 2.75) is 4.21 Å². The predicted molar refractivity (Wildman–Crippen MR) is 67.9 cm³/mol. The highest BCUT2D eigenvalue weighted by Crippen LogP contribution is 2.31. The van der Waals surface area contributed by atoms with Gasteiger partial charge in [0.25, 0.3) is 10.0 Å². The monoisotopic (exact) mass is 327 g/mol. The Morgan fingerprint density at radius 3 is 2.53 bits per heavy atom. The van der Waals surface area contributed by atoms with Crippen molar-refractivity contribution >= 4 is 44.9 Å².